The number of carbonyl (C=O) groups is 2. The van der Waals surface area contributed by atoms with Gasteiger partial charge in [-0.1, -0.05) is 0 Å². The highest BCUT2D eigenvalue weighted by molar-refractivity contribution is 6.29. The fourth-order valence-corrected chi connectivity index (χ4v) is 2.77. The molecule has 4 nitrogen and oxygen atoms in total. The number of phenolic OH excluding ortho intramolecular Hbond substituents is 2. The van der Waals surface area contributed by atoms with Crippen LogP contribution in [0.4, 0.5) is 0 Å². The SMILES string of the molecule is Cc1cc(O)cc2c1C(=O)c1cc(O)cc(C)c1C2=O. The molecule has 2 aromatic rings. The number of hydrogen-bond acceptors (Lipinski definition) is 4. The molecule has 1 aliphatic rings. The molecule has 0 aliphatic heterocycles. The van der Waals surface area contributed by atoms with E-state index in [9.17, 15) is 19.8 Å². The number of carbonyl (C=O) groups excluding carboxylic acids is 2. The number of fused-ring (bicyclic) bond motifs is 2. The minimum absolute atomic E-state index is 0.0396. The first-order chi connectivity index (χ1) is 9.40. The summed E-state index contributed by atoms with van der Waals surface area (Å²) >= 11 is 0. The topological polar surface area (TPSA) is 74.6 Å². The van der Waals surface area contributed by atoms with E-state index >= 15 is 0 Å². The minimum atomic E-state index is -0.300. The van der Waals surface area contributed by atoms with E-state index in [2.05, 4.69) is 0 Å². The summed E-state index contributed by atoms with van der Waals surface area (Å²) in [6, 6.07) is 5.53. The van der Waals surface area contributed by atoms with Crippen molar-refractivity contribution < 1.29 is 19.8 Å². The third kappa shape index (κ3) is 1.54. The summed E-state index contributed by atoms with van der Waals surface area (Å²) in [5.41, 5.74) is 2.12. The molecule has 0 bridgehead atoms. The van der Waals surface area contributed by atoms with Gasteiger partial charge in [0.2, 0.25) is 0 Å². The van der Waals surface area contributed by atoms with Gasteiger partial charge in [-0.2, -0.15) is 0 Å². The Morgan fingerprint density at radius 3 is 1.40 bits per heavy atom. The van der Waals surface area contributed by atoms with Crippen molar-refractivity contribution in [1.82, 2.24) is 0 Å². The molecule has 0 aromatic heterocycles. The summed E-state index contributed by atoms with van der Waals surface area (Å²) in [6.07, 6.45) is 0. The third-order valence-corrected chi connectivity index (χ3v) is 3.58. The second kappa shape index (κ2) is 3.93. The van der Waals surface area contributed by atoms with Gasteiger partial charge in [-0.25, -0.2) is 0 Å². The highest BCUT2D eigenvalue weighted by Gasteiger charge is 2.33. The normalized spacial score (nSPS) is 13.1. The molecule has 20 heavy (non-hydrogen) atoms. The standard InChI is InChI=1S/C16H12O4/c1-7-3-9(17)5-11-13(7)15(19)12-6-10(18)4-8(2)14(12)16(11)20/h3-6,17-18H,1-2H3. The van der Waals surface area contributed by atoms with Gasteiger partial charge in [0, 0.05) is 22.3 Å². The number of phenols is 2. The Morgan fingerprint density at radius 1 is 0.700 bits per heavy atom. The van der Waals surface area contributed by atoms with Crippen molar-refractivity contribution in [2.24, 2.45) is 0 Å². The van der Waals surface area contributed by atoms with Crippen LogP contribution in [0.3, 0.4) is 0 Å². The first-order valence-electron chi connectivity index (χ1n) is 6.16. The van der Waals surface area contributed by atoms with Gasteiger partial charge in [-0.15, -0.1) is 0 Å². The monoisotopic (exact) mass is 268 g/mol. The highest BCUT2D eigenvalue weighted by Crippen LogP contribution is 2.35. The summed E-state index contributed by atoms with van der Waals surface area (Å²) in [5, 5.41) is 19.3. The van der Waals surface area contributed by atoms with Crippen LogP contribution in [-0.2, 0) is 0 Å². The van der Waals surface area contributed by atoms with Gasteiger partial charge in [-0.3, -0.25) is 9.59 Å². The minimum Gasteiger partial charge on any atom is -0.508 e. The summed E-state index contributed by atoms with van der Waals surface area (Å²) in [5.74, 6) is -0.679. The van der Waals surface area contributed by atoms with Crippen LogP contribution in [0.5, 0.6) is 11.5 Å². The number of rotatable bonds is 0. The summed E-state index contributed by atoms with van der Waals surface area (Å²) in [4.78, 5) is 25.1. The average Bonchev–Trinajstić information content (AvgIpc) is 2.34. The van der Waals surface area contributed by atoms with Crippen LogP contribution in [0.2, 0.25) is 0 Å². The Bertz CT molecular complexity index is 720. The van der Waals surface area contributed by atoms with Crippen LogP contribution in [0.15, 0.2) is 24.3 Å². The molecule has 1 aliphatic carbocycles. The molecule has 100 valence electrons. The number of benzene rings is 2. The maximum atomic E-state index is 12.5. The molecule has 0 saturated carbocycles. The molecule has 0 saturated heterocycles. The smallest absolute Gasteiger partial charge is 0.194 e. The van der Waals surface area contributed by atoms with Crippen LogP contribution < -0.4 is 0 Å². The molecular formula is C16H12O4. The second-order valence-corrected chi connectivity index (χ2v) is 5.03. The molecule has 0 atom stereocenters. The molecule has 0 spiro atoms. The molecular weight excluding hydrogens is 256 g/mol. The van der Waals surface area contributed by atoms with E-state index < -0.39 is 0 Å². The maximum absolute atomic E-state index is 12.5. The number of ketones is 2. The van der Waals surface area contributed by atoms with E-state index in [0.29, 0.717) is 22.3 Å². The molecule has 4 heteroatoms. The van der Waals surface area contributed by atoms with Gasteiger partial charge < -0.3 is 10.2 Å². The Labute approximate surface area is 115 Å². The van der Waals surface area contributed by atoms with Crippen molar-refractivity contribution in [3.05, 3.63) is 57.6 Å². The lowest BCUT2D eigenvalue weighted by Crippen LogP contribution is -2.23. The Balaban J connectivity index is 2.40. The Kier molecular flexibility index (Phi) is 2.44. The van der Waals surface area contributed by atoms with E-state index in [-0.39, 0.29) is 34.2 Å². The van der Waals surface area contributed by atoms with E-state index in [1.54, 1.807) is 13.8 Å². The lowest BCUT2D eigenvalue weighted by molar-refractivity contribution is 0.0977. The van der Waals surface area contributed by atoms with Crippen LogP contribution in [-0.4, -0.2) is 21.8 Å². The van der Waals surface area contributed by atoms with Gasteiger partial charge in [0.15, 0.2) is 11.6 Å². The Morgan fingerprint density at radius 2 is 1.05 bits per heavy atom. The van der Waals surface area contributed by atoms with Crippen molar-refractivity contribution in [2.75, 3.05) is 0 Å². The van der Waals surface area contributed by atoms with E-state index in [0.717, 1.165) is 0 Å². The van der Waals surface area contributed by atoms with Gasteiger partial charge in [0.25, 0.3) is 0 Å². The number of aryl methyl sites for hydroxylation is 2. The van der Waals surface area contributed by atoms with Gasteiger partial charge in [0.1, 0.15) is 11.5 Å². The largest absolute Gasteiger partial charge is 0.508 e. The third-order valence-electron chi connectivity index (χ3n) is 3.58. The zero-order chi connectivity index (χ0) is 14.6. The van der Waals surface area contributed by atoms with Crippen LogP contribution in [0.1, 0.15) is 43.0 Å². The van der Waals surface area contributed by atoms with Gasteiger partial charge in [-0.05, 0) is 49.2 Å². The molecule has 0 fully saturated rings. The predicted octanol–water partition coefficient (Wildman–Crippen LogP) is 2.49. The van der Waals surface area contributed by atoms with Crippen molar-refractivity contribution in [2.45, 2.75) is 13.8 Å². The van der Waals surface area contributed by atoms with Gasteiger partial charge in [0.05, 0.1) is 0 Å². The molecule has 0 radical (unpaired) electrons. The molecule has 2 aromatic carbocycles. The summed E-state index contributed by atoms with van der Waals surface area (Å²) in [7, 11) is 0. The highest BCUT2D eigenvalue weighted by atomic mass is 16.3. The zero-order valence-corrected chi connectivity index (χ0v) is 11.0. The number of aromatic hydroxyl groups is 2. The van der Waals surface area contributed by atoms with E-state index in [4.69, 9.17) is 0 Å². The maximum Gasteiger partial charge on any atom is 0.194 e. The number of hydrogen-bond donors (Lipinski definition) is 2. The van der Waals surface area contributed by atoms with E-state index in [1.165, 1.54) is 24.3 Å². The molecule has 0 amide bonds. The quantitative estimate of drug-likeness (QED) is 0.657. The van der Waals surface area contributed by atoms with Crippen molar-refractivity contribution in [3.63, 3.8) is 0 Å². The summed E-state index contributed by atoms with van der Waals surface area (Å²) < 4.78 is 0. The first kappa shape index (κ1) is 12.4. The van der Waals surface area contributed by atoms with Crippen LogP contribution >= 0.6 is 0 Å². The van der Waals surface area contributed by atoms with Crippen molar-refractivity contribution in [1.29, 1.82) is 0 Å². The van der Waals surface area contributed by atoms with Crippen molar-refractivity contribution in [3.8, 4) is 11.5 Å². The lowest BCUT2D eigenvalue weighted by atomic mass is 9.80. The molecule has 2 N–H and O–H groups in total. The van der Waals surface area contributed by atoms with Crippen LogP contribution in [0, 0.1) is 13.8 Å². The lowest BCUT2D eigenvalue weighted by Gasteiger charge is -2.21. The van der Waals surface area contributed by atoms with Crippen LogP contribution in [0.25, 0.3) is 0 Å². The van der Waals surface area contributed by atoms with E-state index in [1.807, 2.05) is 0 Å². The molecule has 0 heterocycles. The summed E-state index contributed by atoms with van der Waals surface area (Å²) in [6.45, 7) is 3.34. The fourth-order valence-electron chi connectivity index (χ4n) is 2.77. The predicted molar refractivity (Wildman–Crippen MR) is 72.6 cm³/mol. The first-order valence-corrected chi connectivity index (χ1v) is 6.16. The Hall–Kier alpha value is -2.62. The average molecular weight is 268 g/mol. The molecule has 0 unspecified atom stereocenters. The van der Waals surface area contributed by atoms with Crippen molar-refractivity contribution >= 4 is 11.6 Å². The van der Waals surface area contributed by atoms with Gasteiger partial charge >= 0.3 is 0 Å². The zero-order valence-electron chi connectivity index (χ0n) is 11.0. The second-order valence-electron chi connectivity index (χ2n) is 5.03. The fraction of sp³-hybridized carbons (Fsp3) is 0.125. The molecule has 3 rings (SSSR count).